The quantitative estimate of drug-likeness (QED) is 0.925. The molecule has 4 nitrogen and oxygen atoms in total. The Morgan fingerprint density at radius 1 is 1.15 bits per heavy atom. The van der Waals surface area contributed by atoms with Crippen molar-refractivity contribution in [1.29, 1.82) is 0 Å². The lowest BCUT2D eigenvalue weighted by Crippen LogP contribution is -2.37. The van der Waals surface area contributed by atoms with Gasteiger partial charge in [0, 0.05) is 6.54 Å². The van der Waals surface area contributed by atoms with Crippen molar-refractivity contribution in [3.63, 3.8) is 0 Å². The van der Waals surface area contributed by atoms with E-state index in [0.29, 0.717) is 0 Å². The number of anilines is 1. The van der Waals surface area contributed by atoms with Gasteiger partial charge in [0.1, 0.15) is 0 Å². The predicted molar refractivity (Wildman–Crippen MR) is 78.7 cm³/mol. The lowest BCUT2D eigenvalue weighted by atomic mass is 10.0. The van der Waals surface area contributed by atoms with Crippen LogP contribution in [0.25, 0.3) is 0 Å². The summed E-state index contributed by atoms with van der Waals surface area (Å²) in [6.07, 6.45) is 1.31. The molecule has 3 rings (SSSR count). The number of aliphatic hydroxyl groups excluding tert-OH is 1. The van der Waals surface area contributed by atoms with Crippen LogP contribution in [0.3, 0.4) is 0 Å². The predicted octanol–water partition coefficient (Wildman–Crippen LogP) is 1.97. The van der Waals surface area contributed by atoms with Gasteiger partial charge in [0.05, 0.1) is 17.8 Å². The van der Waals surface area contributed by atoms with Gasteiger partial charge in [0.15, 0.2) is 5.82 Å². The molecule has 2 atom stereocenters. The maximum atomic E-state index is 10.2. The monoisotopic (exact) mass is 269 g/mol. The van der Waals surface area contributed by atoms with Crippen LogP contribution >= 0.6 is 0 Å². The Balaban J connectivity index is 1.81. The molecule has 1 aromatic carbocycles. The fourth-order valence-corrected chi connectivity index (χ4v) is 2.77. The Morgan fingerprint density at radius 2 is 1.95 bits per heavy atom. The van der Waals surface area contributed by atoms with E-state index in [0.717, 1.165) is 30.9 Å². The maximum Gasteiger partial charge on any atom is 0.151 e. The summed E-state index contributed by atoms with van der Waals surface area (Å²) in [5.41, 5.74) is 2.15. The number of aliphatic hydroxyl groups is 1. The van der Waals surface area contributed by atoms with Crippen LogP contribution in [0.15, 0.2) is 42.5 Å². The molecule has 4 heteroatoms. The van der Waals surface area contributed by atoms with Crippen LogP contribution in [0.1, 0.15) is 17.7 Å². The lowest BCUT2D eigenvalue weighted by molar-refractivity contribution is 0.164. The summed E-state index contributed by atoms with van der Waals surface area (Å²) < 4.78 is 0. The van der Waals surface area contributed by atoms with Crippen molar-refractivity contribution < 1.29 is 5.11 Å². The van der Waals surface area contributed by atoms with Gasteiger partial charge in [-0.1, -0.05) is 30.3 Å². The van der Waals surface area contributed by atoms with E-state index in [2.05, 4.69) is 27.2 Å². The minimum absolute atomic E-state index is 0.0782. The van der Waals surface area contributed by atoms with E-state index in [1.54, 1.807) is 0 Å². The van der Waals surface area contributed by atoms with Crippen LogP contribution in [-0.4, -0.2) is 34.0 Å². The van der Waals surface area contributed by atoms with Crippen LogP contribution in [-0.2, 0) is 6.42 Å². The first kappa shape index (κ1) is 13.1. The van der Waals surface area contributed by atoms with Gasteiger partial charge in [0.2, 0.25) is 0 Å². The zero-order valence-corrected chi connectivity index (χ0v) is 11.6. The van der Waals surface area contributed by atoms with Gasteiger partial charge in [-0.25, -0.2) is 0 Å². The summed E-state index contributed by atoms with van der Waals surface area (Å²) in [7, 11) is 0. The summed E-state index contributed by atoms with van der Waals surface area (Å²) >= 11 is 0. The zero-order chi connectivity index (χ0) is 13.9. The van der Waals surface area contributed by atoms with Crippen LogP contribution in [0.4, 0.5) is 5.82 Å². The molecular weight excluding hydrogens is 250 g/mol. The zero-order valence-electron chi connectivity index (χ0n) is 11.6. The van der Waals surface area contributed by atoms with Crippen molar-refractivity contribution in [1.82, 2.24) is 10.2 Å². The molecule has 1 aliphatic rings. The third-order valence-corrected chi connectivity index (χ3v) is 3.88. The number of aryl methyl sites for hydroxylation is 1. The Labute approximate surface area is 119 Å². The van der Waals surface area contributed by atoms with E-state index in [9.17, 15) is 5.11 Å². The second-order valence-electron chi connectivity index (χ2n) is 5.34. The molecule has 1 fully saturated rings. The highest BCUT2D eigenvalue weighted by atomic mass is 16.3. The highest BCUT2D eigenvalue weighted by Crippen LogP contribution is 2.26. The first-order chi connectivity index (χ1) is 9.74. The molecule has 0 amide bonds. The highest BCUT2D eigenvalue weighted by molar-refractivity contribution is 5.41. The molecule has 1 saturated heterocycles. The van der Waals surface area contributed by atoms with Crippen molar-refractivity contribution >= 4 is 5.82 Å². The number of rotatable bonds is 3. The topological polar surface area (TPSA) is 49.2 Å². The second kappa shape index (κ2) is 5.59. The van der Waals surface area contributed by atoms with E-state index < -0.39 is 0 Å². The molecule has 1 aliphatic heterocycles. The summed E-state index contributed by atoms with van der Waals surface area (Å²) in [6, 6.07) is 14.3. The van der Waals surface area contributed by atoms with Crippen molar-refractivity contribution in [2.45, 2.75) is 31.9 Å². The standard InChI is InChI=1S/C16H19N3O/c1-12-7-8-16(18-17-12)19-10-9-15(20)14(19)11-13-5-3-2-4-6-13/h2-8,14-15,20H,9-11H2,1H3/t14-,15-/m1/s1. The molecule has 20 heavy (non-hydrogen) atoms. The summed E-state index contributed by atoms with van der Waals surface area (Å²) in [6.45, 7) is 2.76. The van der Waals surface area contributed by atoms with Crippen LogP contribution < -0.4 is 4.90 Å². The van der Waals surface area contributed by atoms with Crippen molar-refractivity contribution in [3.05, 3.63) is 53.7 Å². The van der Waals surface area contributed by atoms with E-state index >= 15 is 0 Å². The maximum absolute atomic E-state index is 10.2. The van der Waals surface area contributed by atoms with Gasteiger partial charge in [-0.2, -0.15) is 5.10 Å². The average molecular weight is 269 g/mol. The van der Waals surface area contributed by atoms with Crippen LogP contribution in [0, 0.1) is 6.92 Å². The summed E-state index contributed by atoms with van der Waals surface area (Å²) in [5.74, 6) is 0.855. The third-order valence-electron chi connectivity index (χ3n) is 3.88. The molecule has 104 valence electrons. The fraction of sp³-hybridized carbons (Fsp3) is 0.375. The Bertz CT molecular complexity index is 556. The van der Waals surface area contributed by atoms with Gasteiger partial charge in [-0.05, 0) is 37.5 Å². The number of nitrogens with zero attached hydrogens (tertiary/aromatic N) is 3. The molecule has 1 aromatic heterocycles. The number of hydrogen-bond donors (Lipinski definition) is 1. The average Bonchev–Trinajstić information content (AvgIpc) is 2.83. The summed E-state index contributed by atoms with van der Waals surface area (Å²) in [4.78, 5) is 2.17. The second-order valence-corrected chi connectivity index (χ2v) is 5.34. The molecule has 0 bridgehead atoms. The minimum atomic E-state index is -0.307. The van der Waals surface area contributed by atoms with Crippen molar-refractivity contribution in [2.75, 3.05) is 11.4 Å². The Hall–Kier alpha value is -1.94. The minimum Gasteiger partial charge on any atom is -0.391 e. The molecular formula is C16H19N3O. The van der Waals surface area contributed by atoms with E-state index in [1.807, 2.05) is 37.3 Å². The van der Waals surface area contributed by atoms with Gasteiger partial charge in [-0.3, -0.25) is 0 Å². The Kier molecular flexibility index (Phi) is 3.65. The fourth-order valence-electron chi connectivity index (χ4n) is 2.77. The Morgan fingerprint density at radius 3 is 2.65 bits per heavy atom. The van der Waals surface area contributed by atoms with Crippen LogP contribution in [0.2, 0.25) is 0 Å². The van der Waals surface area contributed by atoms with Gasteiger partial charge in [-0.15, -0.1) is 5.10 Å². The largest absolute Gasteiger partial charge is 0.391 e. The molecule has 0 spiro atoms. The lowest BCUT2D eigenvalue weighted by Gasteiger charge is -2.27. The molecule has 2 aromatic rings. The van der Waals surface area contributed by atoms with Gasteiger partial charge < -0.3 is 10.0 Å². The first-order valence-electron chi connectivity index (χ1n) is 7.03. The van der Waals surface area contributed by atoms with E-state index in [4.69, 9.17) is 0 Å². The number of aromatic nitrogens is 2. The van der Waals surface area contributed by atoms with Gasteiger partial charge in [0.25, 0.3) is 0 Å². The molecule has 0 saturated carbocycles. The van der Waals surface area contributed by atoms with Crippen molar-refractivity contribution in [2.24, 2.45) is 0 Å². The molecule has 0 aliphatic carbocycles. The first-order valence-corrected chi connectivity index (χ1v) is 7.03. The summed E-state index contributed by atoms with van der Waals surface area (Å²) in [5, 5.41) is 18.6. The highest BCUT2D eigenvalue weighted by Gasteiger charge is 2.33. The smallest absolute Gasteiger partial charge is 0.151 e. The molecule has 2 heterocycles. The van der Waals surface area contributed by atoms with Crippen molar-refractivity contribution in [3.8, 4) is 0 Å². The van der Waals surface area contributed by atoms with E-state index in [1.165, 1.54) is 5.56 Å². The van der Waals surface area contributed by atoms with E-state index in [-0.39, 0.29) is 12.1 Å². The molecule has 1 N–H and O–H groups in total. The third kappa shape index (κ3) is 2.65. The normalized spacial score (nSPS) is 22.2. The number of hydrogen-bond acceptors (Lipinski definition) is 4. The molecule has 0 unspecified atom stereocenters. The number of benzene rings is 1. The molecule has 0 radical (unpaired) electrons. The van der Waals surface area contributed by atoms with Gasteiger partial charge >= 0.3 is 0 Å². The SMILES string of the molecule is Cc1ccc(N2CC[C@@H](O)[C@H]2Cc2ccccc2)nn1. The van der Waals surface area contributed by atoms with Crippen LogP contribution in [0.5, 0.6) is 0 Å².